The molecule has 4 rings (SSSR count). The maximum absolute atomic E-state index is 12.6. The van der Waals surface area contributed by atoms with Crippen molar-refractivity contribution in [3.8, 4) is 5.75 Å². The quantitative estimate of drug-likeness (QED) is 0.477. The maximum Gasteiger partial charge on any atom is 0.329 e. The molecule has 1 aromatic carbocycles. The molecule has 1 atom stereocenters. The number of fused-ring (bicyclic) bond motifs is 1. The first kappa shape index (κ1) is 21.8. The Morgan fingerprint density at radius 3 is 2.78 bits per heavy atom. The number of carbonyl (C=O) groups excluding carboxylic acids is 1. The van der Waals surface area contributed by atoms with Crippen molar-refractivity contribution in [1.82, 2.24) is 29.7 Å². The van der Waals surface area contributed by atoms with Crippen molar-refractivity contribution in [2.45, 2.75) is 31.7 Å². The fraction of sp³-hybridized carbons (Fsp3) is 0.455. The first-order valence-electron chi connectivity index (χ1n) is 10.8. The summed E-state index contributed by atoms with van der Waals surface area (Å²) < 4.78 is 6.64. The van der Waals surface area contributed by atoms with Crippen LogP contribution in [0, 0.1) is 0 Å². The fourth-order valence-corrected chi connectivity index (χ4v) is 4.16. The van der Waals surface area contributed by atoms with Crippen LogP contribution in [0.1, 0.15) is 36.7 Å². The van der Waals surface area contributed by atoms with Crippen LogP contribution in [0.2, 0.25) is 0 Å². The number of hydrogen-bond acceptors (Lipinski definition) is 6. The minimum Gasteiger partial charge on any atom is -0.497 e. The normalized spacial score (nSPS) is 15.2. The number of hydrogen-bond donors (Lipinski definition) is 3. The van der Waals surface area contributed by atoms with Crippen LogP contribution in [0.5, 0.6) is 5.75 Å². The highest BCUT2D eigenvalue weighted by atomic mass is 16.5. The molecule has 1 fully saturated rings. The fourth-order valence-electron chi connectivity index (χ4n) is 4.16. The Balaban J connectivity index is 1.41. The van der Waals surface area contributed by atoms with Crippen LogP contribution in [0.25, 0.3) is 11.2 Å². The van der Waals surface area contributed by atoms with Crippen LogP contribution in [0.3, 0.4) is 0 Å². The molecule has 32 heavy (non-hydrogen) atoms. The average molecular weight is 441 g/mol. The molecule has 0 bridgehead atoms. The molecule has 10 nitrogen and oxygen atoms in total. The van der Waals surface area contributed by atoms with E-state index in [4.69, 9.17) is 4.74 Å². The highest BCUT2D eigenvalue weighted by Crippen LogP contribution is 2.27. The van der Waals surface area contributed by atoms with E-state index < -0.39 is 11.2 Å². The van der Waals surface area contributed by atoms with Crippen LogP contribution in [-0.4, -0.2) is 57.1 Å². The SMILES string of the molecule is COc1cccc(C(CNC(=O)CCc2nc3c([nH]2)c(=O)[nH]c(=O)n3C)N2CCCC2)c1. The van der Waals surface area contributed by atoms with Gasteiger partial charge in [-0.15, -0.1) is 0 Å². The molecule has 3 aromatic rings. The summed E-state index contributed by atoms with van der Waals surface area (Å²) in [5.41, 5.74) is 0.585. The zero-order valence-electron chi connectivity index (χ0n) is 18.3. The first-order valence-corrected chi connectivity index (χ1v) is 10.8. The number of rotatable bonds is 8. The summed E-state index contributed by atoms with van der Waals surface area (Å²) in [6.45, 7) is 2.51. The first-order chi connectivity index (χ1) is 15.5. The molecule has 3 heterocycles. The van der Waals surface area contributed by atoms with Gasteiger partial charge in [-0.3, -0.25) is 24.0 Å². The van der Waals surface area contributed by atoms with E-state index in [1.807, 2.05) is 18.2 Å². The smallest absolute Gasteiger partial charge is 0.329 e. The van der Waals surface area contributed by atoms with Crippen LogP contribution in [-0.2, 0) is 18.3 Å². The average Bonchev–Trinajstić information content (AvgIpc) is 3.47. The van der Waals surface area contributed by atoms with Gasteiger partial charge in [-0.2, -0.15) is 0 Å². The van der Waals surface area contributed by atoms with Crippen molar-refractivity contribution in [2.24, 2.45) is 7.05 Å². The molecule has 170 valence electrons. The summed E-state index contributed by atoms with van der Waals surface area (Å²) in [5.74, 6) is 1.19. The third-order valence-corrected chi connectivity index (χ3v) is 5.95. The Hall–Kier alpha value is -3.40. The molecule has 1 aliphatic heterocycles. The number of imidazole rings is 1. The van der Waals surface area contributed by atoms with Gasteiger partial charge in [0, 0.05) is 26.4 Å². The topological polar surface area (TPSA) is 125 Å². The molecule has 0 radical (unpaired) electrons. The molecule has 1 amide bonds. The molecule has 1 saturated heterocycles. The van der Waals surface area contributed by atoms with Gasteiger partial charge in [-0.05, 0) is 43.6 Å². The lowest BCUT2D eigenvalue weighted by Gasteiger charge is -2.28. The highest BCUT2D eigenvalue weighted by molar-refractivity contribution is 5.76. The van der Waals surface area contributed by atoms with Crippen LogP contribution in [0.4, 0.5) is 0 Å². The lowest BCUT2D eigenvalue weighted by atomic mass is 10.0. The number of H-pyrrole nitrogens is 2. The third-order valence-electron chi connectivity index (χ3n) is 5.95. The second-order valence-electron chi connectivity index (χ2n) is 8.04. The van der Waals surface area contributed by atoms with Gasteiger partial charge in [0.05, 0.1) is 13.2 Å². The van der Waals surface area contributed by atoms with Crippen molar-refractivity contribution >= 4 is 17.1 Å². The van der Waals surface area contributed by atoms with Crippen molar-refractivity contribution in [3.05, 3.63) is 56.5 Å². The molecule has 10 heteroatoms. The molecule has 2 aromatic heterocycles. The number of aromatic amines is 2. The molecule has 0 saturated carbocycles. The predicted octanol–water partition coefficient (Wildman–Crippen LogP) is 0.844. The Morgan fingerprint density at radius 1 is 1.25 bits per heavy atom. The summed E-state index contributed by atoms with van der Waals surface area (Å²) in [7, 11) is 3.19. The van der Waals surface area contributed by atoms with Crippen molar-refractivity contribution in [1.29, 1.82) is 0 Å². The molecule has 1 aliphatic rings. The number of methoxy groups -OCH3 is 1. The van der Waals surface area contributed by atoms with Crippen LogP contribution >= 0.6 is 0 Å². The molecular weight excluding hydrogens is 412 g/mol. The number of nitrogens with zero attached hydrogens (tertiary/aromatic N) is 3. The number of likely N-dealkylation sites (tertiary alicyclic amines) is 1. The molecule has 0 aliphatic carbocycles. The largest absolute Gasteiger partial charge is 0.497 e. The summed E-state index contributed by atoms with van der Waals surface area (Å²) in [6, 6.07) is 8.04. The van der Waals surface area contributed by atoms with Crippen LogP contribution < -0.4 is 21.3 Å². The van der Waals surface area contributed by atoms with E-state index in [0.717, 1.165) is 37.2 Å². The van der Waals surface area contributed by atoms with Gasteiger partial charge >= 0.3 is 5.69 Å². The van der Waals surface area contributed by atoms with Crippen molar-refractivity contribution in [2.75, 3.05) is 26.7 Å². The Bertz CT molecular complexity index is 1220. The number of aryl methyl sites for hydroxylation is 2. The minimum absolute atomic E-state index is 0.0795. The van der Waals surface area contributed by atoms with Gasteiger partial charge in [0.2, 0.25) is 5.91 Å². The highest BCUT2D eigenvalue weighted by Gasteiger charge is 2.24. The summed E-state index contributed by atoms with van der Waals surface area (Å²) >= 11 is 0. The lowest BCUT2D eigenvalue weighted by Crippen LogP contribution is -2.36. The van der Waals surface area contributed by atoms with Crippen LogP contribution in [0.15, 0.2) is 33.9 Å². The van der Waals surface area contributed by atoms with E-state index in [2.05, 4.69) is 31.2 Å². The third kappa shape index (κ3) is 4.59. The van der Waals surface area contributed by atoms with Gasteiger partial charge in [0.1, 0.15) is 17.1 Å². The second-order valence-corrected chi connectivity index (χ2v) is 8.04. The number of amides is 1. The molecule has 0 spiro atoms. The number of nitrogens with one attached hydrogen (secondary N) is 3. The van der Waals surface area contributed by atoms with E-state index in [1.165, 1.54) is 11.6 Å². The predicted molar refractivity (Wildman–Crippen MR) is 120 cm³/mol. The molecule has 3 N–H and O–H groups in total. The van der Waals surface area contributed by atoms with E-state index >= 15 is 0 Å². The molecular formula is C22H28N6O4. The van der Waals surface area contributed by atoms with Gasteiger partial charge in [-0.25, -0.2) is 9.78 Å². The lowest BCUT2D eigenvalue weighted by molar-refractivity contribution is -0.121. The Labute approximate surface area is 184 Å². The number of benzene rings is 1. The van der Waals surface area contributed by atoms with Gasteiger partial charge in [0.25, 0.3) is 5.56 Å². The summed E-state index contributed by atoms with van der Waals surface area (Å²) in [5, 5.41) is 3.05. The van der Waals surface area contributed by atoms with Crippen molar-refractivity contribution in [3.63, 3.8) is 0 Å². The van der Waals surface area contributed by atoms with E-state index in [1.54, 1.807) is 7.11 Å². The second kappa shape index (κ2) is 9.39. The summed E-state index contributed by atoms with van der Waals surface area (Å²) in [4.78, 5) is 48.1. The Morgan fingerprint density at radius 2 is 2.03 bits per heavy atom. The number of aromatic nitrogens is 4. The monoisotopic (exact) mass is 440 g/mol. The minimum atomic E-state index is -0.524. The van der Waals surface area contributed by atoms with Gasteiger partial charge in [-0.1, -0.05) is 12.1 Å². The standard InChI is InChI=1S/C22H28N6O4/c1-27-20-19(21(30)26-22(27)31)24-17(25-20)8-9-18(29)23-13-16(28-10-3-4-11-28)14-6-5-7-15(12-14)32-2/h5-7,12,16H,3-4,8-11,13H2,1-2H3,(H,23,29)(H,24,25)(H,26,30,31). The van der Waals surface area contributed by atoms with E-state index in [-0.39, 0.29) is 29.5 Å². The Kier molecular flexibility index (Phi) is 6.40. The van der Waals surface area contributed by atoms with Gasteiger partial charge in [0.15, 0.2) is 5.65 Å². The maximum atomic E-state index is 12.6. The zero-order chi connectivity index (χ0) is 22.7. The number of ether oxygens (including phenoxy) is 1. The molecule has 1 unspecified atom stereocenters. The summed E-state index contributed by atoms with van der Waals surface area (Å²) in [6.07, 6.45) is 2.86. The zero-order valence-corrected chi connectivity index (χ0v) is 18.3. The van der Waals surface area contributed by atoms with Crippen molar-refractivity contribution < 1.29 is 9.53 Å². The van der Waals surface area contributed by atoms with Gasteiger partial charge < -0.3 is 15.0 Å². The van der Waals surface area contributed by atoms with E-state index in [0.29, 0.717) is 18.8 Å². The number of carbonyl (C=O) groups is 1. The van der Waals surface area contributed by atoms with E-state index in [9.17, 15) is 14.4 Å².